The van der Waals surface area contributed by atoms with E-state index in [2.05, 4.69) is 10.5 Å². The number of phenols is 1. The lowest BCUT2D eigenvalue weighted by molar-refractivity contribution is 0.476. The van der Waals surface area contributed by atoms with Crippen LogP contribution in [0.2, 0.25) is 0 Å². The van der Waals surface area contributed by atoms with E-state index in [0.717, 1.165) is 29.5 Å². The zero-order valence-corrected chi connectivity index (χ0v) is 15.4. The summed E-state index contributed by atoms with van der Waals surface area (Å²) in [5, 5.41) is 16.2. The van der Waals surface area contributed by atoms with Crippen LogP contribution in [0.15, 0.2) is 44.6 Å². The van der Waals surface area contributed by atoms with E-state index >= 15 is 0 Å². The van der Waals surface area contributed by atoms with Gasteiger partial charge in [0.25, 0.3) is 0 Å². The Balaban J connectivity index is 1.60. The number of benzene rings is 2. The molecule has 142 valence electrons. The molecule has 6 heteroatoms. The minimum Gasteiger partial charge on any atom is -0.506 e. The molecule has 3 aromatic rings. The van der Waals surface area contributed by atoms with Gasteiger partial charge in [0.1, 0.15) is 17.1 Å². The van der Waals surface area contributed by atoms with Crippen molar-refractivity contribution in [1.82, 2.24) is 5.43 Å². The molecule has 2 heterocycles. The van der Waals surface area contributed by atoms with E-state index in [-0.39, 0.29) is 23.2 Å². The molecule has 5 rings (SSSR count). The molecule has 2 aromatic carbocycles. The Kier molecular flexibility index (Phi) is 3.75. The normalized spacial score (nSPS) is 18.2. The molecule has 0 saturated heterocycles. The molecule has 2 N–H and O–H groups in total. The van der Waals surface area contributed by atoms with Gasteiger partial charge in [-0.3, -0.25) is 0 Å². The number of aryl methyl sites for hydroxylation is 2. The van der Waals surface area contributed by atoms with E-state index in [1.54, 1.807) is 12.1 Å². The summed E-state index contributed by atoms with van der Waals surface area (Å²) < 4.78 is 19.0. The Morgan fingerprint density at radius 1 is 1.25 bits per heavy atom. The van der Waals surface area contributed by atoms with E-state index in [0.29, 0.717) is 40.6 Å². The van der Waals surface area contributed by atoms with Crippen molar-refractivity contribution in [2.75, 3.05) is 0 Å². The molecule has 0 fully saturated rings. The molecule has 28 heavy (non-hydrogen) atoms. The summed E-state index contributed by atoms with van der Waals surface area (Å²) in [4.78, 5) is 12.2. The van der Waals surface area contributed by atoms with Crippen LogP contribution in [0.25, 0.3) is 11.0 Å². The van der Waals surface area contributed by atoms with Crippen LogP contribution in [0.4, 0.5) is 4.39 Å². The molecular formula is C22H19FN2O3. The minimum absolute atomic E-state index is 0.109. The maximum atomic E-state index is 13.6. The Bertz CT molecular complexity index is 1210. The number of rotatable bonds is 2. The maximum Gasteiger partial charge on any atom is 0.339 e. The van der Waals surface area contributed by atoms with Gasteiger partial charge in [0, 0.05) is 17.5 Å². The third kappa shape index (κ3) is 2.52. The highest BCUT2D eigenvalue weighted by Gasteiger charge is 2.28. The summed E-state index contributed by atoms with van der Waals surface area (Å²) in [6.07, 6.45) is 2.85. The summed E-state index contributed by atoms with van der Waals surface area (Å²) >= 11 is 0. The Morgan fingerprint density at radius 2 is 2.07 bits per heavy atom. The highest BCUT2D eigenvalue weighted by atomic mass is 19.1. The number of phenolic OH excluding ortho intramolecular Hbond substituents is 1. The van der Waals surface area contributed by atoms with E-state index in [9.17, 15) is 14.3 Å². The number of halogens is 1. The molecule has 5 nitrogen and oxygen atoms in total. The first-order valence-electron chi connectivity index (χ1n) is 9.42. The van der Waals surface area contributed by atoms with Crippen LogP contribution >= 0.6 is 0 Å². The van der Waals surface area contributed by atoms with Gasteiger partial charge < -0.3 is 14.9 Å². The van der Waals surface area contributed by atoms with Crippen LogP contribution in [-0.4, -0.2) is 10.8 Å². The number of nitrogens with zero attached hydrogens (tertiary/aromatic N) is 1. The summed E-state index contributed by atoms with van der Waals surface area (Å²) in [5.74, 6) is -0.180. The van der Waals surface area contributed by atoms with Gasteiger partial charge in [0.15, 0.2) is 0 Å². The van der Waals surface area contributed by atoms with E-state index in [1.807, 2.05) is 13.0 Å². The first-order chi connectivity index (χ1) is 13.5. The van der Waals surface area contributed by atoms with E-state index < -0.39 is 0 Å². The SMILES string of the molecule is Cc1cc2oc(=O)c3c(c2c(O)c1C1=NN[C@@H](c2cccc(F)c2)C1)CCC3. The zero-order chi connectivity index (χ0) is 19.4. The monoisotopic (exact) mass is 378 g/mol. The molecule has 1 aliphatic carbocycles. The molecule has 0 spiro atoms. The Hall–Kier alpha value is -3.15. The fraction of sp³-hybridized carbons (Fsp3) is 0.273. The van der Waals surface area contributed by atoms with Crippen molar-refractivity contribution in [3.8, 4) is 5.75 Å². The third-order valence-corrected chi connectivity index (χ3v) is 5.72. The number of hydrogen-bond acceptors (Lipinski definition) is 5. The van der Waals surface area contributed by atoms with Gasteiger partial charge in [0.2, 0.25) is 0 Å². The van der Waals surface area contributed by atoms with E-state index in [4.69, 9.17) is 4.42 Å². The van der Waals surface area contributed by atoms with Crippen LogP contribution < -0.4 is 11.1 Å². The van der Waals surface area contributed by atoms with Crippen molar-refractivity contribution in [1.29, 1.82) is 0 Å². The summed E-state index contributed by atoms with van der Waals surface area (Å²) in [7, 11) is 0. The summed E-state index contributed by atoms with van der Waals surface area (Å²) in [6.45, 7) is 1.86. The molecule has 1 aliphatic heterocycles. The average molecular weight is 378 g/mol. The second-order valence-electron chi connectivity index (χ2n) is 7.49. The van der Waals surface area contributed by atoms with Crippen molar-refractivity contribution in [3.05, 3.63) is 74.4 Å². The highest BCUT2D eigenvalue weighted by Crippen LogP contribution is 2.39. The number of nitrogens with one attached hydrogen (secondary N) is 1. The third-order valence-electron chi connectivity index (χ3n) is 5.72. The molecule has 0 bridgehead atoms. The lowest BCUT2D eigenvalue weighted by atomic mass is 9.93. The number of hydrazone groups is 1. The van der Waals surface area contributed by atoms with Crippen molar-refractivity contribution >= 4 is 16.7 Å². The fourth-order valence-corrected chi connectivity index (χ4v) is 4.43. The molecule has 0 radical (unpaired) electrons. The Labute approximate surface area is 160 Å². The van der Waals surface area contributed by atoms with Crippen LogP contribution in [-0.2, 0) is 12.8 Å². The van der Waals surface area contributed by atoms with Crippen molar-refractivity contribution in [3.63, 3.8) is 0 Å². The van der Waals surface area contributed by atoms with Crippen molar-refractivity contribution in [2.45, 2.75) is 38.6 Å². The number of hydrogen-bond donors (Lipinski definition) is 2. The van der Waals surface area contributed by atoms with Crippen LogP contribution in [0.3, 0.4) is 0 Å². The lowest BCUT2D eigenvalue weighted by Crippen LogP contribution is -2.11. The predicted octanol–water partition coefficient (Wildman–Crippen LogP) is 3.87. The second kappa shape index (κ2) is 6.19. The minimum atomic E-state index is -0.308. The molecule has 2 aliphatic rings. The smallest absolute Gasteiger partial charge is 0.339 e. The molecular weight excluding hydrogens is 359 g/mol. The predicted molar refractivity (Wildman–Crippen MR) is 104 cm³/mol. The molecule has 1 atom stereocenters. The van der Waals surface area contributed by atoms with Gasteiger partial charge in [-0.2, -0.15) is 5.10 Å². The fourth-order valence-electron chi connectivity index (χ4n) is 4.43. The summed E-state index contributed by atoms with van der Waals surface area (Å²) in [6, 6.07) is 8.07. The topological polar surface area (TPSA) is 74.8 Å². The first-order valence-corrected chi connectivity index (χ1v) is 9.42. The van der Waals surface area contributed by atoms with Gasteiger partial charge in [-0.15, -0.1) is 0 Å². The molecule has 0 unspecified atom stereocenters. The molecule has 0 amide bonds. The highest BCUT2D eigenvalue weighted by molar-refractivity contribution is 6.09. The van der Waals surface area contributed by atoms with Gasteiger partial charge >= 0.3 is 5.63 Å². The van der Waals surface area contributed by atoms with Gasteiger partial charge in [0.05, 0.1) is 17.1 Å². The maximum absolute atomic E-state index is 13.6. The molecule has 1 aromatic heterocycles. The van der Waals surface area contributed by atoms with Crippen LogP contribution in [0, 0.1) is 12.7 Å². The van der Waals surface area contributed by atoms with Crippen molar-refractivity contribution < 1.29 is 13.9 Å². The van der Waals surface area contributed by atoms with Gasteiger partial charge in [-0.05, 0) is 61.1 Å². The van der Waals surface area contributed by atoms with Crippen LogP contribution in [0.5, 0.6) is 5.75 Å². The second-order valence-corrected chi connectivity index (χ2v) is 7.49. The van der Waals surface area contributed by atoms with Crippen molar-refractivity contribution in [2.24, 2.45) is 5.10 Å². The number of aromatic hydroxyl groups is 1. The number of fused-ring (bicyclic) bond motifs is 3. The van der Waals surface area contributed by atoms with Gasteiger partial charge in [-0.1, -0.05) is 12.1 Å². The van der Waals surface area contributed by atoms with Gasteiger partial charge in [-0.25, -0.2) is 9.18 Å². The lowest BCUT2D eigenvalue weighted by Gasteiger charge is -2.14. The molecule has 0 saturated carbocycles. The Morgan fingerprint density at radius 3 is 2.89 bits per heavy atom. The summed E-state index contributed by atoms with van der Waals surface area (Å²) in [5.41, 5.74) is 7.67. The average Bonchev–Trinajstić information content (AvgIpc) is 3.31. The standard InChI is InChI=1S/C22H19FN2O3/c1-11-8-18-20(14-6-3-7-15(14)22(27)28-18)21(26)19(11)17-10-16(24-25-17)12-4-2-5-13(23)9-12/h2,4-5,8-9,16,24,26H,3,6-7,10H2,1H3/t16-/m1/s1. The first kappa shape index (κ1) is 17.0. The largest absolute Gasteiger partial charge is 0.506 e. The zero-order valence-electron chi connectivity index (χ0n) is 15.4. The van der Waals surface area contributed by atoms with Crippen LogP contribution in [0.1, 0.15) is 46.7 Å². The van der Waals surface area contributed by atoms with E-state index in [1.165, 1.54) is 12.1 Å². The quantitative estimate of drug-likeness (QED) is 0.664.